The Morgan fingerprint density at radius 2 is 2.00 bits per heavy atom. The Kier molecular flexibility index (Phi) is 6.06. The molecule has 0 heterocycles. The minimum absolute atomic E-state index is 0.287. The number of carboxylic acid groups (broad SMARTS) is 1. The van der Waals surface area contributed by atoms with E-state index in [1.165, 1.54) is 25.7 Å². The van der Waals surface area contributed by atoms with E-state index >= 15 is 0 Å². The van der Waals surface area contributed by atoms with Crippen molar-refractivity contribution >= 4 is 21.9 Å². The van der Waals surface area contributed by atoms with Gasteiger partial charge in [-0.2, -0.15) is 0 Å². The molecule has 2 N–H and O–H groups in total. The lowest BCUT2D eigenvalue weighted by Crippen LogP contribution is -2.36. The van der Waals surface area contributed by atoms with Crippen LogP contribution in [0, 0.1) is 0 Å². The number of halogens is 1. The zero-order chi connectivity index (χ0) is 15.2. The molecule has 1 aromatic carbocycles. The van der Waals surface area contributed by atoms with Crippen molar-refractivity contribution in [3.8, 4) is 5.75 Å². The van der Waals surface area contributed by atoms with E-state index < -0.39 is 12.0 Å². The van der Waals surface area contributed by atoms with Crippen LogP contribution in [-0.4, -0.2) is 24.2 Å². The van der Waals surface area contributed by atoms with Gasteiger partial charge in [-0.15, -0.1) is 0 Å². The van der Waals surface area contributed by atoms with E-state index in [0.29, 0.717) is 5.75 Å². The van der Waals surface area contributed by atoms with Crippen LogP contribution in [0.25, 0.3) is 0 Å². The van der Waals surface area contributed by atoms with Crippen molar-refractivity contribution < 1.29 is 14.6 Å². The van der Waals surface area contributed by atoms with Gasteiger partial charge >= 0.3 is 5.97 Å². The molecule has 0 spiro atoms. The van der Waals surface area contributed by atoms with Crippen LogP contribution in [-0.2, 0) is 4.79 Å². The Bertz CT molecular complexity index is 484. The highest BCUT2D eigenvalue weighted by molar-refractivity contribution is 9.10. The first-order valence-electron chi connectivity index (χ1n) is 7.44. The first-order valence-corrected chi connectivity index (χ1v) is 8.23. The molecule has 0 bridgehead atoms. The lowest BCUT2D eigenvalue weighted by molar-refractivity contribution is -0.140. The lowest BCUT2D eigenvalue weighted by atomic mass is 10.0. The molecule has 1 unspecified atom stereocenters. The molecule has 1 aromatic rings. The molecular formula is C16H22BrNO3. The van der Waals surface area contributed by atoms with Crippen molar-refractivity contribution in [2.24, 2.45) is 0 Å². The van der Waals surface area contributed by atoms with Crippen LogP contribution in [0.5, 0.6) is 5.75 Å². The van der Waals surface area contributed by atoms with Crippen LogP contribution in [0.2, 0.25) is 0 Å². The van der Waals surface area contributed by atoms with Gasteiger partial charge in [-0.3, -0.25) is 10.1 Å². The highest BCUT2D eigenvalue weighted by Crippen LogP contribution is 2.29. The number of aliphatic carboxylic acids is 1. The second-order valence-electron chi connectivity index (χ2n) is 5.52. The van der Waals surface area contributed by atoms with Crippen LogP contribution in [0.4, 0.5) is 0 Å². The largest absolute Gasteiger partial charge is 0.496 e. The van der Waals surface area contributed by atoms with E-state index in [-0.39, 0.29) is 6.04 Å². The molecule has 1 atom stereocenters. The highest BCUT2D eigenvalue weighted by Gasteiger charge is 2.24. The number of nitrogens with one attached hydrogen (secondary N) is 1. The number of benzene rings is 1. The molecule has 0 aliphatic heterocycles. The van der Waals surface area contributed by atoms with Crippen molar-refractivity contribution in [1.82, 2.24) is 5.32 Å². The summed E-state index contributed by atoms with van der Waals surface area (Å²) in [4.78, 5) is 11.6. The van der Waals surface area contributed by atoms with Gasteiger partial charge in [0.05, 0.1) is 11.6 Å². The monoisotopic (exact) mass is 355 g/mol. The minimum atomic E-state index is -0.837. The summed E-state index contributed by atoms with van der Waals surface area (Å²) in [7, 11) is 1.60. The Labute approximate surface area is 134 Å². The fraction of sp³-hybridized carbons (Fsp3) is 0.562. The van der Waals surface area contributed by atoms with Crippen molar-refractivity contribution in [3.05, 3.63) is 28.2 Å². The summed E-state index contributed by atoms with van der Waals surface area (Å²) in [6.07, 6.45) is 6.98. The van der Waals surface area contributed by atoms with Gasteiger partial charge in [0.2, 0.25) is 0 Å². The first-order chi connectivity index (χ1) is 10.1. The van der Waals surface area contributed by atoms with E-state index in [0.717, 1.165) is 22.9 Å². The Hall–Kier alpha value is -1.07. The number of carbonyl (C=O) groups is 1. The van der Waals surface area contributed by atoms with Crippen LogP contribution >= 0.6 is 15.9 Å². The van der Waals surface area contributed by atoms with Crippen molar-refractivity contribution in [2.75, 3.05) is 7.11 Å². The van der Waals surface area contributed by atoms with Crippen LogP contribution in [0.15, 0.2) is 22.7 Å². The summed E-state index contributed by atoms with van der Waals surface area (Å²) < 4.78 is 5.97. The van der Waals surface area contributed by atoms with Crippen molar-refractivity contribution in [3.63, 3.8) is 0 Å². The molecule has 0 saturated heterocycles. The topological polar surface area (TPSA) is 58.6 Å². The summed E-state index contributed by atoms with van der Waals surface area (Å²) in [6, 6.07) is 5.04. The van der Waals surface area contributed by atoms with Gasteiger partial charge in [-0.25, -0.2) is 0 Å². The summed E-state index contributed by atoms with van der Waals surface area (Å²) in [5, 5.41) is 12.9. The maximum absolute atomic E-state index is 11.6. The Morgan fingerprint density at radius 3 is 2.52 bits per heavy atom. The standard InChI is InChI=1S/C16H22BrNO3/c1-21-14-9-8-11(10-13(14)17)15(16(19)20)18-12-6-4-2-3-5-7-12/h8-10,12,15,18H,2-7H2,1H3,(H,19,20). The van der Waals surface area contributed by atoms with Gasteiger partial charge < -0.3 is 9.84 Å². The van der Waals surface area contributed by atoms with Gasteiger partial charge in [0.15, 0.2) is 0 Å². The molecule has 2 rings (SSSR count). The molecular weight excluding hydrogens is 334 g/mol. The van der Waals surface area contributed by atoms with Crippen LogP contribution in [0.1, 0.15) is 50.1 Å². The van der Waals surface area contributed by atoms with Crippen molar-refractivity contribution in [2.45, 2.75) is 50.6 Å². The molecule has 1 saturated carbocycles. The van der Waals surface area contributed by atoms with Gasteiger partial charge in [0.1, 0.15) is 11.8 Å². The van der Waals surface area contributed by atoms with E-state index in [2.05, 4.69) is 21.2 Å². The predicted octanol–water partition coefficient (Wildman–Crippen LogP) is 3.90. The molecule has 116 valence electrons. The third-order valence-corrected chi connectivity index (χ3v) is 4.63. The summed E-state index contributed by atoms with van der Waals surface area (Å²) in [5.41, 5.74) is 0.749. The quantitative estimate of drug-likeness (QED) is 0.786. The third-order valence-electron chi connectivity index (χ3n) is 4.01. The van der Waals surface area contributed by atoms with E-state index in [1.807, 2.05) is 12.1 Å². The van der Waals surface area contributed by atoms with Crippen LogP contribution < -0.4 is 10.1 Å². The molecule has 21 heavy (non-hydrogen) atoms. The number of methoxy groups -OCH3 is 1. The number of hydrogen-bond acceptors (Lipinski definition) is 3. The summed E-state index contributed by atoms with van der Waals surface area (Å²) >= 11 is 3.42. The maximum Gasteiger partial charge on any atom is 0.325 e. The van der Waals surface area contributed by atoms with Gasteiger partial charge in [0.25, 0.3) is 0 Å². The molecule has 0 radical (unpaired) electrons. The smallest absolute Gasteiger partial charge is 0.325 e. The zero-order valence-corrected chi connectivity index (χ0v) is 13.9. The minimum Gasteiger partial charge on any atom is -0.496 e. The summed E-state index contributed by atoms with van der Waals surface area (Å²) in [6.45, 7) is 0. The van der Waals surface area contributed by atoms with Gasteiger partial charge in [-0.05, 0) is 46.5 Å². The fourth-order valence-electron chi connectivity index (χ4n) is 2.85. The maximum atomic E-state index is 11.6. The number of rotatable bonds is 5. The molecule has 1 aliphatic carbocycles. The average Bonchev–Trinajstić information content (AvgIpc) is 2.73. The van der Waals surface area contributed by atoms with Gasteiger partial charge in [0, 0.05) is 6.04 Å². The molecule has 1 aliphatic rings. The Morgan fingerprint density at radius 1 is 1.33 bits per heavy atom. The fourth-order valence-corrected chi connectivity index (χ4v) is 3.41. The SMILES string of the molecule is COc1ccc(C(NC2CCCCCC2)C(=O)O)cc1Br. The predicted molar refractivity (Wildman–Crippen MR) is 85.7 cm³/mol. The van der Waals surface area contributed by atoms with Crippen molar-refractivity contribution in [1.29, 1.82) is 0 Å². The lowest BCUT2D eigenvalue weighted by Gasteiger charge is -2.23. The normalized spacial score (nSPS) is 18.0. The zero-order valence-electron chi connectivity index (χ0n) is 12.3. The second kappa shape index (κ2) is 7.80. The third kappa shape index (κ3) is 4.45. The molecule has 0 amide bonds. The van der Waals surface area contributed by atoms with Gasteiger partial charge in [-0.1, -0.05) is 31.7 Å². The molecule has 5 heteroatoms. The van der Waals surface area contributed by atoms with E-state index in [4.69, 9.17) is 4.74 Å². The first kappa shape index (κ1) is 16.3. The number of hydrogen-bond donors (Lipinski definition) is 2. The Balaban J connectivity index is 2.14. The summed E-state index contributed by atoms with van der Waals surface area (Å²) in [5.74, 6) is -0.131. The van der Waals surface area contributed by atoms with E-state index in [1.54, 1.807) is 13.2 Å². The second-order valence-corrected chi connectivity index (χ2v) is 6.37. The molecule has 4 nitrogen and oxygen atoms in total. The van der Waals surface area contributed by atoms with Crippen LogP contribution in [0.3, 0.4) is 0 Å². The molecule has 1 fully saturated rings. The number of carboxylic acids is 1. The number of ether oxygens (including phenoxy) is 1. The molecule has 0 aromatic heterocycles. The highest BCUT2D eigenvalue weighted by atomic mass is 79.9. The average molecular weight is 356 g/mol. The van der Waals surface area contributed by atoms with E-state index in [9.17, 15) is 9.90 Å².